The lowest BCUT2D eigenvalue weighted by Crippen LogP contribution is -2.12. The molecule has 0 aliphatic rings. The van der Waals surface area contributed by atoms with Gasteiger partial charge >= 0.3 is 0 Å². The van der Waals surface area contributed by atoms with Gasteiger partial charge in [-0.2, -0.15) is 0 Å². The fraction of sp³-hybridized carbons (Fsp3) is 0.143. The molecule has 0 spiro atoms. The lowest BCUT2D eigenvalue weighted by atomic mass is 10.2. The number of anilines is 1. The Morgan fingerprint density at radius 1 is 1.15 bits per heavy atom. The van der Waals surface area contributed by atoms with E-state index in [2.05, 4.69) is 10.3 Å². The van der Waals surface area contributed by atoms with Gasteiger partial charge in [0.25, 0.3) is 5.91 Å². The molecule has 1 aromatic heterocycles. The number of nitrogens with one attached hydrogen (secondary N) is 1. The van der Waals surface area contributed by atoms with Crippen molar-refractivity contribution >= 4 is 23.2 Å². The summed E-state index contributed by atoms with van der Waals surface area (Å²) in [6, 6.07) is 10.0. The van der Waals surface area contributed by atoms with Crippen molar-refractivity contribution in [2.24, 2.45) is 0 Å². The summed E-state index contributed by atoms with van der Waals surface area (Å²) in [5.41, 5.74) is 1.03. The van der Waals surface area contributed by atoms with Crippen LogP contribution < -0.4 is 14.8 Å². The van der Waals surface area contributed by atoms with Crippen LogP contribution in [-0.2, 0) is 0 Å². The minimum absolute atomic E-state index is 0.198. The van der Waals surface area contributed by atoms with E-state index in [0.717, 1.165) is 5.75 Å². The first-order valence-corrected chi connectivity index (χ1v) is 6.17. The highest BCUT2D eigenvalue weighted by Gasteiger charge is 2.10. The molecule has 0 aliphatic heterocycles. The van der Waals surface area contributed by atoms with Crippen LogP contribution >= 0.6 is 11.6 Å². The number of pyridine rings is 1. The molecule has 6 heteroatoms. The Kier molecular flexibility index (Phi) is 4.42. The molecule has 0 fully saturated rings. The number of aromatic nitrogens is 1. The van der Waals surface area contributed by atoms with E-state index in [0.29, 0.717) is 11.3 Å². The number of halogens is 1. The first-order valence-electron chi connectivity index (χ1n) is 5.79. The highest BCUT2D eigenvalue weighted by atomic mass is 35.5. The average molecular weight is 293 g/mol. The predicted molar refractivity (Wildman–Crippen MR) is 76.7 cm³/mol. The van der Waals surface area contributed by atoms with Crippen LogP contribution in [0.15, 0.2) is 36.4 Å². The van der Waals surface area contributed by atoms with Gasteiger partial charge in [0, 0.05) is 17.3 Å². The Labute approximate surface area is 121 Å². The Morgan fingerprint density at radius 3 is 2.45 bits per heavy atom. The number of ether oxygens (including phenoxy) is 2. The van der Waals surface area contributed by atoms with Crippen LogP contribution in [0.25, 0.3) is 0 Å². The number of hydrogen-bond acceptors (Lipinski definition) is 4. The summed E-state index contributed by atoms with van der Waals surface area (Å²) >= 11 is 5.83. The number of amides is 1. The maximum absolute atomic E-state index is 12.1. The highest BCUT2D eigenvalue weighted by Crippen LogP contribution is 2.19. The maximum atomic E-state index is 12.1. The highest BCUT2D eigenvalue weighted by molar-refractivity contribution is 6.30. The van der Waals surface area contributed by atoms with E-state index in [4.69, 9.17) is 21.1 Å². The summed E-state index contributed by atoms with van der Waals surface area (Å²) < 4.78 is 10.0. The normalized spacial score (nSPS) is 9.95. The zero-order valence-corrected chi connectivity index (χ0v) is 11.8. The van der Waals surface area contributed by atoms with Crippen molar-refractivity contribution in [1.29, 1.82) is 0 Å². The zero-order chi connectivity index (χ0) is 14.5. The van der Waals surface area contributed by atoms with Crippen molar-refractivity contribution in [3.05, 3.63) is 47.1 Å². The van der Waals surface area contributed by atoms with Gasteiger partial charge in [0.2, 0.25) is 5.88 Å². The average Bonchev–Trinajstić information content (AvgIpc) is 2.47. The summed E-state index contributed by atoms with van der Waals surface area (Å²) in [4.78, 5) is 16.0. The third kappa shape index (κ3) is 3.39. The molecule has 0 atom stereocenters. The summed E-state index contributed by atoms with van der Waals surface area (Å²) in [6.07, 6.45) is 0. The van der Waals surface area contributed by atoms with E-state index in [-0.39, 0.29) is 16.9 Å². The molecule has 1 N–H and O–H groups in total. The monoisotopic (exact) mass is 292 g/mol. The second kappa shape index (κ2) is 6.25. The lowest BCUT2D eigenvalue weighted by Gasteiger charge is -2.07. The Morgan fingerprint density at radius 2 is 1.85 bits per heavy atom. The van der Waals surface area contributed by atoms with E-state index in [9.17, 15) is 4.79 Å². The van der Waals surface area contributed by atoms with E-state index in [1.165, 1.54) is 19.2 Å². The number of rotatable bonds is 4. The first kappa shape index (κ1) is 14.1. The number of carbonyl (C=O) groups excluding carboxylic acids is 1. The number of benzene rings is 1. The molecule has 0 radical (unpaired) electrons. The molecule has 1 heterocycles. The quantitative estimate of drug-likeness (QED) is 0.880. The summed E-state index contributed by atoms with van der Waals surface area (Å²) in [5.74, 6) is 0.715. The van der Waals surface area contributed by atoms with Crippen molar-refractivity contribution in [3.63, 3.8) is 0 Å². The molecule has 104 valence electrons. The molecule has 1 amide bonds. The Hall–Kier alpha value is -2.27. The van der Waals surface area contributed by atoms with Gasteiger partial charge in [-0.05, 0) is 30.3 Å². The summed E-state index contributed by atoms with van der Waals surface area (Å²) in [5, 5.41) is 2.95. The molecular weight excluding hydrogens is 280 g/mol. The molecule has 1 aromatic carbocycles. The van der Waals surface area contributed by atoms with Crippen LogP contribution in [0.3, 0.4) is 0 Å². The molecule has 0 unspecified atom stereocenters. The Balaban J connectivity index is 2.16. The van der Waals surface area contributed by atoms with E-state index >= 15 is 0 Å². The fourth-order valence-electron chi connectivity index (χ4n) is 1.59. The number of hydrogen-bond donors (Lipinski definition) is 1. The summed E-state index contributed by atoms with van der Waals surface area (Å²) in [6.45, 7) is 0. The predicted octanol–water partition coefficient (Wildman–Crippen LogP) is 3.00. The van der Waals surface area contributed by atoms with Crippen LogP contribution in [-0.4, -0.2) is 25.1 Å². The molecule has 2 aromatic rings. The van der Waals surface area contributed by atoms with Gasteiger partial charge in [-0.25, -0.2) is 4.98 Å². The van der Waals surface area contributed by atoms with Gasteiger partial charge in [0.1, 0.15) is 10.9 Å². The third-order valence-corrected chi connectivity index (χ3v) is 2.78. The van der Waals surface area contributed by atoms with Crippen molar-refractivity contribution in [3.8, 4) is 11.6 Å². The Bertz CT molecular complexity index is 614. The van der Waals surface area contributed by atoms with E-state index in [1.54, 1.807) is 31.4 Å². The van der Waals surface area contributed by atoms with Crippen LogP contribution in [0.4, 0.5) is 5.69 Å². The molecule has 0 saturated heterocycles. The summed E-state index contributed by atoms with van der Waals surface area (Å²) in [7, 11) is 3.04. The molecular formula is C14H13ClN2O3. The molecule has 20 heavy (non-hydrogen) atoms. The minimum Gasteiger partial charge on any atom is -0.497 e. The smallest absolute Gasteiger partial charge is 0.255 e. The molecule has 0 aliphatic carbocycles. The lowest BCUT2D eigenvalue weighted by molar-refractivity contribution is 0.102. The van der Waals surface area contributed by atoms with Gasteiger partial charge in [-0.15, -0.1) is 0 Å². The molecule has 5 nitrogen and oxygen atoms in total. The van der Waals surface area contributed by atoms with Gasteiger partial charge in [0.15, 0.2) is 0 Å². The van der Waals surface area contributed by atoms with Crippen molar-refractivity contribution in [1.82, 2.24) is 4.98 Å². The van der Waals surface area contributed by atoms with Gasteiger partial charge in [0.05, 0.1) is 14.2 Å². The van der Waals surface area contributed by atoms with Crippen molar-refractivity contribution in [2.45, 2.75) is 0 Å². The van der Waals surface area contributed by atoms with Crippen LogP contribution in [0.2, 0.25) is 5.15 Å². The van der Waals surface area contributed by atoms with E-state index in [1.807, 2.05) is 0 Å². The molecule has 2 rings (SSSR count). The fourth-order valence-corrected chi connectivity index (χ4v) is 1.79. The van der Waals surface area contributed by atoms with Gasteiger partial charge in [-0.1, -0.05) is 11.6 Å². The standard InChI is InChI=1S/C14H13ClN2O3/c1-19-11-5-3-10(4-6-11)16-14(18)9-7-12(15)17-13(8-9)20-2/h3-8H,1-2H3,(H,16,18). The van der Waals surface area contributed by atoms with Crippen LogP contribution in [0, 0.1) is 0 Å². The van der Waals surface area contributed by atoms with Crippen molar-refractivity contribution in [2.75, 3.05) is 19.5 Å². The first-order chi connectivity index (χ1) is 9.62. The second-order valence-corrected chi connectivity index (χ2v) is 4.29. The third-order valence-electron chi connectivity index (χ3n) is 2.59. The largest absolute Gasteiger partial charge is 0.497 e. The number of carbonyl (C=O) groups is 1. The van der Waals surface area contributed by atoms with Crippen molar-refractivity contribution < 1.29 is 14.3 Å². The molecule has 0 saturated carbocycles. The topological polar surface area (TPSA) is 60.5 Å². The second-order valence-electron chi connectivity index (χ2n) is 3.90. The van der Waals surface area contributed by atoms with Crippen LogP contribution in [0.1, 0.15) is 10.4 Å². The number of methoxy groups -OCH3 is 2. The number of nitrogens with zero attached hydrogens (tertiary/aromatic N) is 1. The van der Waals surface area contributed by atoms with E-state index < -0.39 is 0 Å². The maximum Gasteiger partial charge on any atom is 0.255 e. The molecule has 0 bridgehead atoms. The van der Waals surface area contributed by atoms with Crippen LogP contribution in [0.5, 0.6) is 11.6 Å². The van der Waals surface area contributed by atoms with Gasteiger partial charge < -0.3 is 14.8 Å². The minimum atomic E-state index is -0.294. The zero-order valence-electron chi connectivity index (χ0n) is 11.0. The SMILES string of the molecule is COc1ccc(NC(=O)c2cc(Cl)nc(OC)c2)cc1. The van der Waals surface area contributed by atoms with Gasteiger partial charge in [-0.3, -0.25) is 4.79 Å².